The Morgan fingerprint density at radius 3 is 2.71 bits per heavy atom. The summed E-state index contributed by atoms with van der Waals surface area (Å²) in [5.74, 6) is -0.147. The van der Waals surface area contributed by atoms with E-state index in [1.54, 1.807) is 6.20 Å². The molecule has 2 rings (SSSR count). The monoisotopic (exact) mass is 373 g/mol. The van der Waals surface area contributed by atoms with E-state index in [0.29, 0.717) is 5.56 Å². The van der Waals surface area contributed by atoms with Crippen molar-refractivity contribution in [3.63, 3.8) is 0 Å². The van der Waals surface area contributed by atoms with E-state index in [2.05, 4.69) is 36.8 Å². The molecule has 0 bridgehead atoms. The Bertz CT molecular complexity index is 539. The van der Waals surface area contributed by atoms with Gasteiger partial charge < -0.3 is 0 Å². The van der Waals surface area contributed by atoms with Gasteiger partial charge in [0.15, 0.2) is 5.78 Å². The SMILES string of the molecule is CC(C(=O)c1cc(Br)sc1Br)c1ccccn1. The van der Waals surface area contributed by atoms with Crippen molar-refractivity contribution in [1.82, 2.24) is 4.98 Å². The number of halogens is 2. The highest BCUT2D eigenvalue weighted by Crippen LogP contribution is 2.34. The highest BCUT2D eigenvalue weighted by Gasteiger charge is 2.21. The average molecular weight is 375 g/mol. The molecular formula is C12H9Br2NOS. The zero-order chi connectivity index (χ0) is 12.4. The first-order valence-electron chi connectivity index (χ1n) is 4.99. The van der Waals surface area contributed by atoms with Crippen LogP contribution in [0.2, 0.25) is 0 Å². The van der Waals surface area contributed by atoms with Crippen LogP contribution in [0.25, 0.3) is 0 Å². The minimum Gasteiger partial charge on any atom is -0.293 e. The van der Waals surface area contributed by atoms with Crippen molar-refractivity contribution in [2.24, 2.45) is 0 Å². The van der Waals surface area contributed by atoms with Crippen LogP contribution in [0.15, 0.2) is 38.0 Å². The molecule has 0 aliphatic rings. The predicted molar refractivity (Wildman–Crippen MR) is 76.7 cm³/mol. The lowest BCUT2D eigenvalue weighted by Crippen LogP contribution is -2.10. The quantitative estimate of drug-likeness (QED) is 0.731. The molecule has 0 aromatic carbocycles. The minimum absolute atomic E-state index is 0.0810. The topological polar surface area (TPSA) is 30.0 Å². The number of pyridine rings is 1. The summed E-state index contributed by atoms with van der Waals surface area (Å²) in [6.45, 7) is 1.88. The number of carbonyl (C=O) groups excluding carboxylic acids is 1. The molecule has 2 aromatic heterocycles. The second-order valence-corrected chi connectivity index (χ2v) is 7.33. The van der Waals surface area contributed by atoms with Gasteiger partial charge in [-0.25, -0.2) is 0 Å². The molecule has 0 radical (unpaired) electrons. The van der Waals surface area contributed by atoms with Crippen LogP contribution in [0.1, 0.15) is 28.9 Å². The number of rotatable bonds is 3. The summed E-state index contributed by atoms with van der Waals surface area (Å²) < 4.78 is 1.80. The van der Waals surface area contributed by atoms with Gasteiger partial charge in [-0.1, -0.05) is 6.07 Å². The Balaban J connectivity index is 2.30. The van der Waals surface area contributed by atoms with Crippen molar-refractivity contribution in [3.8, 4) is 0 Å². The molecule has 2 aromatic rings. The van der Waals surface area contributed by atoms with Crippen LogP contribution in [0.3, 0.4) is 0 Å². The summed E-state index contributed by atoms with van der Waals surface area (Å²) in [5.41, 5.74) is 1.51. The standard InChI is InChI=1S/C12H9Br2NOS/c1-7(9-4-2-3-5-15-9)11(16)8-6-10(13)17-12(8)14/h2-7H,1H3. The van der Waals surface area contributed by atoms with Crippen molar-refractivity contribution in [2.75, 3.05) is 0 Å². The Kier molecular flexibility index (Phi) is 4.12. The maximum absolute atomic E-state index is 12.3. The van der Waals surface area contributed by atoms with Crippen molar-refractivity contribution in [3.05, 3.63) is 49.3 Å². The Labute approximate surface area is 120 Å². The number of carbonyl (C=O) groups is 1. The smallest absolute Gasteiger partial charge is 0.173 e. The van der Waals surface area contributed by atoms with Gasteiger partial charge in [0.25, 0.3) is 0 Å². The van der Waals surface area contributed by atoms with E-state index in [1.165, 1.54) is 11.3 Å². The molecule has 0 aliphatic carbocycles. The lowest BCUT2D eigenvalue weighted by atomic mass is 9.98. The molecule has 88 valence electrons. The average Bonchev–Trinajstić information content (AvgIpc) is 2.68. The zero-order valence-corrected chi connectivity index (χ0v) is 13.0. The fourth-order valence-electron chi connectivity index (χ4n) is 1.51. The number of Topliss-reactive ketones (excluding diaryl/α,β-unsaturated/α-hetero) is 1. The molecule has 5 heteroatoms. The molecule has 0 aliphatic heterocycles. The maximum atomic E-state index is 12.3. The van der Waals surface area contributed by atoms with Crippen LogP contribution < -0.4 is 0 Å². The lowest BCUT2D eigenvalue weighted by molar-refractivity contribution is 0.0964. The number of ketones is 1. The summed E-state index contributed by atoms with van der Waals surface area (Å²) in [7, 11) is 0. The summed E-state index contributed by atoms with van der Waals surface area (Å²) in [6.07, 6.45) is 1.71. The minimum atomic E-state index is -0.228. The van der Waals surface area contributed by atoms with Crippen molar-refractivity contribution >= 4 is 49.0 Å². The number of hydrogen-bond acceptors (Lipinski definition) is 3. The number of thiophene rings is 1. The molecule has 0 N–H and O–H groups in total. The Morgan fingerprint density at radius 1 is 1.41 bits per heavy atom. The van der Waals surface area contributed by atoms with Crippen LogP contribution in [-0.4, -0.2) is 10.8 Å². The van der Waals surface area contributed by atoms with Crippen LogP contribution in [0.4, 0.5) is 0 Å². The molecule has 2 heterocycles. The fraction of sp³-hybridized carbons (Fsp3) is 0.167. The van der Waals surface area contributed by atoms with Gasteiger partial charge in [-0.3, -0.25) is 9.78 Å². The van der Waals surface area contributed by atoms with Gasteiger partial charge in [-0.05, 0) is 57.0 Å². The van der Waals surface area contributed by atoms with Gasteiger partial charge in [-0.2, -0.15) is 0 Å². The molecular weight excluding hydrogens is 366 g/mol. The normalized spacial score (nSPS) is 12.4. The third-order valence-corrected chi connectivity index (χ3v) is 4.79. The highest BCUT2D eigenvalue weighted by atomic mass is 79.9. The van der Waals surface area contributed by atoms with Crippen LogP contribution >= 0.6 is 43.2 Å². The zero-order valence-electron chi connectivity index (χ0n) is 8.98. The molecule has 0 saturated carbocycles. The first kappa shape index (κ1) is 12.9. The molecule has 2 nitrogen and oxygen atoms in total. The van der Waals surface area contributed by atoms with Crippen LogP contribution in [-0.2, 0) is 0 Å². The second-order valence-electron chi connectivity index (χ2n) is 3.58. The number of aromatic nitrogens is 1. The summed E-state index contributed by atoms with van der Waals surface area (Å²) in [5, 5.41) is 0. The highest BCUT2D eigenvalue weighted by molar-refractivity contribution is 9.12. The molecule has 1 atom stereocenters. The van der Waals surface area contributed by atoms with E-state index in [0.717, 1.165) is 13.3 Å². The van der Waals surface area contributed by atoms with E-state index in [9.17, 15) is 4.79 Å². The summed E-state index contributed by atoms with van der Waals surface area (Å²) >= 11 is 8.29. The largest absolute Gasteiger partial charge is 0.293 e. The predicted octanol–water partition coefficient (Wildman–Crippen LogP) is 4.65. The van der Waals surface area contributed by atoms with E-state index in [1.807, 2.05) is 31.2 Å². The summed E-state index contributed by atoms with van der Waals surface area (Å²) in [6, 6.07) is 7.46. The third-order valence-electron chi connectivity index (χ3n) is 2.45. The van der Waals surface area contributed by atoms with E-state index in [-0.39, 0.29) is 11.7 Å². The molecule has 1 unspecified atom stereocenters. The van der Waals surface area contributed by atoms with Crippen LogP contribution in [0, 0.1) is 0 Å². The maximum Gasteiger partial charge on any atom is 0.173 e. The van der Waals surface area contributed by atoms with Crippen molar-refractivity contribution in [2.45, 2.75) is 12.8 Å². The van der Waals surface area contributed by atoms with Gasteiger partial charge >= 0.3 is 0 Å². The van der Waals surface area contributed by atoms with Gasteiger partial charge in [-0.15, -0.1) is 11.3 Å². The van der Waals surface area contributed by atoms with E-state index >= 15 is 0 Å². The fourth-order valence-corrected chi connectivity index (χ4v) is 4.32. The molecule has 0 saturated heterocycles. The van der Waals surface area contributed by atoms with Crippen molar-refractivity contribution in [1.29, 1.82) is 0 Å². The van der Waals surface area contributed by atoms with Crippen molar-refractivity contribution < 1.29 is 4.79 Å². The van der Waals surface area contributed by atoms with E-state index in [4.69, 9.17) is 0 Å². The summed E-state index contributed by atoms with van der Waals surface area (Å²) in [4.78, 5) is 16.5. The Morgan fingerprint density at radius 2 is 2.18 bits per heavy atom. The van der Waals surface area contributed by atoms with E-state index < -0.39 is 0 Å². The Hall–Kier alpha value is -0.520. The second kappa shape index (κ2) is 5.42. The lowest BCUT2D eigenvalue weighted by Gasteiger charge is -2.08. The molecule has 0 amide bonds. The third kappa shape index (κ3) is 2.84. The number of hydrogen-bond donors (Lipinski definition) is 0. The first-order valence-corrected chi connectivity index (χ1v) is 7.40. The molecule has 0 spiro atoms. The molecule has 0 fully saturated rings. The number of nitrogens with zero attached hydrogens (tertiary/aromatic N) is 1. The van der Waals surface area contributed by atoms with Crippen LogP contribution in [0.5, 0.6) is 0 Å². The van der Waals surface area contributed by atoms with Gasteiger partial charge in [0.05, 0.1) is 19.2 Å². The molecule has 17 heavy (non-hydrogen) atoms. The van der Waals surface area contributed by atoms with Gasteiger partial charge in [0.2, 0.25) is 0 Å². The van der Waals surface area contributed by atoms with Gasteiger partial charge in [0, 0.05) is 11.8 Å². The first-order chi connectivity index (χ1) is 8.09. The van der Waals surface area contributed by atoms with Gasteiger partial charge in [0.1, 0.15) is 0 Å².